The van der Waals surface area contributed by atoms with Crippen LogP contribution in [0.2, 0.25) is 0 Å². The number of amides is 2. The van der Waals surface area contributed by atoms with E-state index >= 15 is 0 Å². The zero-order valence-corrected chi connectivity index (χ0v) is 13.9. The number of thioether (sulfide) groups is 1. The van der Waals surface area contributed by atoms with Crippen molar-refractivity contribution < 1.29 is 9.59 Å². The van der Waals surface area contributed by atoms with E-state index in [-0.39, 0.29) is 22.6 Å². The third kappa shape index (κ3) is 2.47. The molecule has 2 saturated carbocycles. The highest BCUT2D eigenvalue weighted by atomic mass is 32.2. The van der Waals surface area contributed by atoms with Gasteiger partial charge in [-0.05, 0) is 38.9 Å². The van der Waals surface area contributed by atoms with E-state index in [2.05, 4.69) is 11.6 Å². The van der Waals surface area contributed by atoms with Gasteiger partial charge in [0.25, 0.3) is 0 Å². The highest BCUT2D eigenvalue weighted by Crippen LogP contribution is 2.43. The summed E-state index contributed by atoms with van der Waals surface area (Å²) in [5, 5.41) is 3.04. The van der Waals surface area contributed by atoms with E-state index in [0.717, 1.165) is 32.2 Å². The van der Waals surface area contributed by atoms with Gasteiger partial charge in [-0.25, -0.2) is 0 Å². The van der Waals surface area contributed by atoms with Gasteiger partial charge in [-0.2, -0.15) is 11.8 Å². The van der Waals surface area contributed by atoms with Crippen molar-refractivity contribution in [2.75, 3.05) is 12.8 Å². The lowest BCUT2D eigenvalue weighted by Crippen LogP contribution is -2.70. The van der Waals surface area contributed by atoms with E-state index in [1.165, 1.54) is 25.7 Å². The summed E-state index contributed by atoms with van der Waals surface area (Å²) in [6, 6.07) is -0.326. The molecule has 0 radical (unpaired) electrons. The SMILES string of the molecule is CSC1(CN2C(=O)C3(CCCC3)NC(=O)C2C)CCCC1. The van der Waals surface area contributed by atoms with Gasteiger partial charge in [0.15, 0.2) is 0 Å². The average molecular weight is 310 g/mol. The van der Waals surface area contributed by atoms with Crippen LogP contribution in [-0.4, -0.2) is 45.8 Å². The summed E-state index contributed by atoms with van der Waals surface area (Å²) in [6.45, 7) is 2.61. The van der Waals surface area contributed by atoms with Gasteiger partial charge in [0.2, 0.25) is 11.8 Å². The number of carbonyl (C=O) groups is 2. The van der Waals surface area contributed by atoms with Gasteiger partial charge < -0.3 is 10.2 Å². The van der Waals surface area contributed by atoms with Crippen LogP contribution in [0.15, 0.2) is 0 Å². The molecule has 1 saturated heterocycles. The molecule has 0 aromatic carbocycles. The van der Waals surface area contributed by atoms with Gasteiger partial charge in [0.1, 0.15) is 11.6 Å². The summed E-state index contributed by atoms with van der Waals surface area (Å²) in [7, 11) is 0. The van der Waals surface area contributed by atoms with Gasteiger partial charge in [0, 0.05) is 11.3 Å². The van der Waals surface area contributed by atoms with Crippen LogP contribution in [0.1, 0.15) is 58.3 Å². The minimum absolute atomic E-state index is 0.0331. The number of carbonyl (C=O) groups excluding carboxylic acids is 2. The number of nitrogens with one attached hydrogen (secondary N) is 1. The van der Waals surface area contributed by atoms with Crippen LogP contribution in [0.5, 0.6) is 0 Å². The van der Waals surface area contributed by atoms with Crippen LogP contribution in [0.3, 0.4) is 0 Å². The van der Waals surface area contributed by atoms with Crippen molar-refractivity contribution in [1.82, 2.24) is 10.2 Å². The van der Waals surface area contributed by atoms with Crippen LogP contribution in [0, 0.1) is 0 Å². The third-order valence-electron chi connectivity index (χ3n) is 5.74. The molecule has 118 valence electrons. The Labute approximate surface area is 131 Å². The second-order valence-corrected chi connectivity index (χ2v) is 8.26. The molecule has 1 N–H and O–H groups in total. The standard InChI is InChI=1S/C16H26N2O2S/c1-12-13(19)17-16(9-5-6-10-16)14(20)18(12)11-15(21-2)7-3-4-8-15/h12H,3-11H2,1-2H3,(H,17,19). The van der Waals surface area contributed by atoms with Gasteiger partial charge in [-0.1, -0.05) is 25.7 Å². The number of hydrogen-bond donors (Lipinski definition) is 1. The second kappa shape index (κ2) is 5.49. The largest absolute Gasteiger partial charge is 0.340 e. The minimum atomic E-state index is -0.582. The fraction of sp³-hybridized carbons (Fsp3) is 0.875. The maximum absolute atomic E-state index is 13.1. The first-order valence-corrected chi connectivity index (χ1v) is 9.43. The first kappa shape index (κ1) is 15.2. The second-order valence-electron chi connectivity index (χ2n) is 6.98. The zero-order valence-electron chi connectivity index (χ0n) is 13.1. The van der Waals surface area contributed by atoms with E-state index in [4.69, 9.17) is 0 Å². The summed E-state index contributed by atoms with van der Waals surface area (Å²) < 4.78 is 0.168. The Morgan fingerprint density at radius 3 is 2.29 bits per heavy atom. The first-order valence-electron chi connectivity index (χ1n) is 8.20. The molecule has 1 atom stereocenters. The molecule has 5 heteroatoms. The molecular weight excluding hydrogens is 284 g/mol. The topological polar surface area (TPSA) is 49.4 Å². The first-order chi connectivity index (χ1) is 10.0. The molecule has 2 amide bonds. The summed E-state index contributed by atoms with van der Waals surface area (Å²) in [4.78, 5) is 27.3. The molecular formula is C16H26N2O2S. The lowest BCUT2D eigenvalue weighted by molar-refractivity contribution is -0.154. The summed E-state index contributed by atoms with van der Waals surface area (Å²) in [5.74, 6) is 0.207. The molecule has 3 aliphatic rings. The Kier molecular flexibility index (Phi) is 3.97. The zero-order chi connectivity index (χ0) is 15.1. The fourth-order valence-corrected chi connectivity index (χ4v) is 5.23. The Morgan fingerprint density at radius 2 is 1.71 bits per heavy atom. The van der Waals surface area contributed by atoms with E-state index in [1.54, 1.807) is 0 Å². The van der Waals surface area contributed by atoms with E-state index in [9.17, 15) is 9.59 Å². The van der Waals surface area contributed by atoms with Gasteiger partial charge in [-0.3, -0.25) is 9.59 Å². The molecule has 0 bridgehead atoms. The smallest absolute Gasteiger partial charge is 0.249 e. The predicted molar refractivity (Wildman–Crippen MR) is 85.2 cm³/mol. The van der Waals surface area contributed by atoms with Crippen LogP contribution >= 0.6 is 11.8 Å². The lowest BCUT2D eigenvalue weighted by Gasteiger charge is -2.46. The van der Waals surface area contributed by atoms with E-state index < -0.39 is 5.54 Å². The molecule has 1 aliphatic heterocycles. The summed E-state index contributed by atoms with van der Waals surface area (Å²) in [5.41, 5.74) is -0.582. The maximum atomic E-state index is 13.1. The van der Waals surface area contributed by atoms with Gasteiger partial charge in [0.05, 0.1) is 0 Å². The normalized spacial score (nSPS) is 31.0. The molecule has 0 aromatic heterocycles. The monoisotopic (exact) mass is 310 g/mol. The van der Waals surface area contributed by atoms with Crippen molar-refractivity contribution >= 4 is 23.6 Å². The number of rotatable bonds is 3. The summed E-state index contributed by atoms with van der Waals surface area (Å²) in [6.07, 6.45) is 10.7. The molecule has 1 heterocycles. The Morgan fingerprint density at radius 1 is 1.14 bits per heavy atom. The molecule has 1 unspecified atom stereocenters. The third-order valence-corrected chi connectivity index (χ3v) is 7.15. The molecule has 3 rings (SSSR count). The van der Waals surface area contributed by atoms with Crippen LogP contribution in [0.4, 0.5) is 0 Å². The fourth-order valence-electron chi connectivity index (χ4n) is 4.27. The minimum Gasteiger partial charge on any atom is -0.340 e. The van der Waals surface area contributed by atoms with E-state index in [1.807, 2.05) is 23.6 Å². The van der Waals surface area contributed by atoms with Crippen molar-refractivity contribution in [3.63, 3.8) is 0 Å². The summed E-state index contributed by atoms with van der Waals surface area (Å²) >= 11 is 1.88. The molecule has 4 nitrogen and oxygen atoms in total. The van der Waals surface area contributed by atoms with Crippen molar-refractivity contribution in [3.8, 4) is 0 Å². The van der Waals surface area contributed by atoms with Crippen LogP contribution in [0.25, 0.3) is 0 Å². The Bertz CT molecular complexity index is 440. The van der Waals surface area contributed by atoms with Crippen molar-refractivity contribution in [1.29, 1.82) is 0 Å². The number of piperazine rings is 1. The number of nitrogens with zero attached hydrogens (tertiary/aromatic N) is 1. The number of hydrogen-bond acceptors (Lipinski definition) is 3. The Balaban J connectivity index is 1.84. The van der Waals surface area contributed by atoms with Crippen molar-refractivity contribution in [3.05, 3.63) is 0 Å². The predicted octanol–water partition coefficient (Wildman–Crippen LogP) is 2.32. The Hall–Kier alpha value is -0.710. The highest BCUT2D eigenvalue weighted by molar-refractivity contribution is 8.00. The molecule has 3 fully saturated rings. The van der Waals surface area contributed by atoms with Crippen LogP contribution < -0.4 is 5.32 Å². The van der Waals surface area contributed by atoms with Gasteiger partial charge >= 0.3 is 0 Å². The van der Waals surface area contributed by atoms with E-state index in [0.29, 0.717) is 0 Å². The molecule has 1 spiro atoms. The highest BCUT2D eigenvalue weighted by Gasteiger charge is 2.52. The average Bonchev–Trinajstić information content (AvgIpc) is 3.12. The molecule has 21 heavy (non-hydrogen) atoms. The van der Waals surface area contributed by atoms with Crippen LogP contribution in [-0.2, 0) is 9.59 Å². The quantitative estimate of drug-likeness (QED) is 0.870. The molecule has 0 aromatic rings. The lowest BCUT2D eigenvalue weighted by atomic mass is 9.90. The molecule has 2 aliphatic carbocycles. The van der Waals surface area contributed by atoms with Gasteiger partial charge in [-0.15, -0.1) is 0 Å². The maximum Gasteiger partial charge on any atom is 0.249 e. The van der Waals surface area contributed by atoms with Crippen molar-refractivity contribution in [2.45, 2.75) is 74.6 Å². The van der Waals surface area contributed by atoms with Crippen molar-refractivity contribution in [2.24, 2.45) is 0 Å².